The van der Waals surface area contributed by atoms with Crippen LogP contribution in [0.25, 0.3) is 0 Å². The van der Waals surface area contributed by atoms with Crippen LogP contribution in [0.1, 0.15) is 68.7 Å². The van der Waals surface area contributed by atoms with E-state index in [1.165, 1.54) is 20.6 Å². The molecule has 35 heavy (non-hydrogen) atoms. The van der Waals surface area contributed by atoms with Gasteiger partial charge in [-0.25, -0.2) is 0 Å². The van der Waals surface area contributed by atoms with Crippen LogP contribution in [0, 0.1) is 5.92 Å². The van der Waals surface area contributed by atoms with Crippen molar-refractivity contribution in [2.75, 3.05) is 60.0 Å². The Labute approximate surface area is 214 Å². The molecule has 1 aliphatic heterocycles. The summed E-state index contributed by atoms with van der Waals surface area (Å²) in [6.45, 7) is 20.0. The zero-order valence-corrected chi connectivity index (χ0v) is 24.2. The maximum atomic E-state index is 12.3. The Morgan fingerprint density at radius 1 is 0.971 bits per heavy atom. The second kappa shape index (κ2) is 24.9. The predicted octanol–water partition coefficient (Wildman–Crippen LogP) is 3.54. The van der Waals surface area contributed by atoms with Crippen molar-refractivity contribution in [2.45, 2.75) is 68.7 Å². The lowest BCUT2D eigenvalue weighted by Gasteiger charge is -2.26. The van der Waals surface area contributed by atoms with Crippen molar-refractivity contribution < 1.29 is 23.9 Å². The van der Waals surface area contributed by atoms with Crippen LogP contribution in [0.5, 0.6) is 0 Å². The van der Waals surface area contributed by atoms with Crippen molar-refractivity contribution in [2.24, 2.45) is 10.9 Å². The summed E-state index contributed by atoms with van der Waals surface area (Å²) < 4.78 is 9.51. The number of esters is 2. The molecule has 0 aromatic heterocycles. The molecule has 0 fully saturated rings. The maximum absolute atomic E-state index is 12.3. The fourth-order valence-corrected chi connectivity index (χ4v) is 2.67. The predicted molar refractivity (Wildman–Crippen MR) is 145 cm³/mol. The first-order chi connectivity index (χ1) is 16.7. The molecule has 0 saturated heterocycles. The molecular formula is C26H52N4O5. The number of hydrogen-bond donors (Lipinski definition) is 1. The van der Waals surface area contributed by atoms with Crippen molar-refractivity contribution in [3.8, 4) is 0 Å². The van der Waals surface area contributed by atoms with Gasteiger partial charge in [-0.1, -0.05) is 67.9 Å². The fourth-order valence-electron chi connectivity index (χ4n) is 2.67. The summed E-state index contributed by atoms with van der Waals surface area (Å²) in [5.41, 5.74) is 1.67. The Balaban J connectivity index is -0.00000132. The van der Waals surface area contributed by atoms with E-state index in [-0.39, 0.29) is 37.4 Å². The summed E-state index contributed by atoms with van der Waals surface area (Å²) in [7, 11) is 2.67. The third-order valence-corrected chi connectivity index (χ3v) is 4.34. The number of ether oxygens (including phenoxy) is 2. The van der Waals surface area contributed by atoms with E-state index in [1.54, 1.807) is 4.90 Å². The van der Waals surface area contributed by atoms with E-state index in [9.17, 15) is 14.4 Å². The first-order valence-electron chi connectivity index (χ1n) is 12.8. The van der Waals surface area contributed by atoms with Gasteiger partial charge in [0.15, 0.2) is 0 Å². The Morgan fingerprint density at radius 3 is 1.89 bits per heavy atom. The van der Waals surface area contributed by atoms with Crippen molar-refractivity contribution in [3.63, 3.8) is 0 Å². The highest BCUT2D eigenvalue weighted by Gasteiger charge is 2.21. The maximum Gasteiger partial charge on any atom is 0.319 e. The number of amides is 1. The number of allylic oxidation sites excluding steroid dienone is 1. The number of nitrogens with one attached hydrogen (secondary N) is 1. The molecule has 0 aromatic rings. The topological polar surface area (TPSA) is 101 Å². The van der Waals surface area contributed by atoms with Crippen LogP contribution in [-0.2, 0) is 23.9 Å². The molecule has 0 bridgehead atoms. The van der Waals surface area contributed by atoms with Gasteiger partial charge in [0.2, 0.25) is 5.91 Å². The number of aliphatic imine (C=N–C) groups is 1. The molecule has 0 unspecified atom stereocenters. The number of carbonyl (C=O) groups excluding carboxylic acids is 3. The smallest absolute Gasteiger partial charge is 0.319 e. The van der Waals surface area contributed by atoms with Crippen molar-refractivity contribution in [1.82, 2.24) is 15.1 Å². The second-order valence-electron chi connectivity index (χ2n) is 7.60. The highest BCUT2D eigenvalue weighted by atomic mass is 16.5. The van der Waals surface area contributed by atoms with Crippen LogP contribution in [0.3, 0.4) is 0 Å². The molecule has 1 rings (SSSR count). The average Bonchev–Trinajstić information content (AvgIpc) is 2.84. The zero-order valence-electron chi connectivity index (χ0n) is 24.2. The molecule has 206 valence electrons. The minimum atomic E-state index is -0.404. The summed E-state index contributed by atoms with van der Waals surface area (Å²) in [6, 6.07) is 0. The SMILES string of the molecule is C/C=C1/CN(CC(=O)OC)CCNC(=O)CN(CC(=O)OC)CC(C(C)C)=N1.CC.CC.CCC. The third kappa shape index (κ3) is 19.7. The van der Waals surface area contributed by atoms with E-state index in [0.29, 0.717) is 26.2 Å². The molecule has 1 amide bonds. The number of carbonyl (C=O) groups is 3. The second-order valence-corrected chi connectivity index (χ2v) is 7.60. The molecule has 0 aromatic carbocycles. The van der Waals surface area contributed by atoms with Gasteiger partial charge in [0.1, 0.15) is 0 Å². The van der Waals surface area contributed by atoms with Gasteiger partial charge in [-0.15, -0.1) is 0 Å². The zero-order chi connectivity index (χ0) is 27.8. The van der Waals surface area contributed by atoms with Crippen LogP contribution in [0.2, 0.25) is 0 Å². The van der Waals surface area contributed by atoms with E-state index in [0.717, 1.165) is 11.4 Å². The van der Waals surface area contributed by atoms with Crippen LogP contribution in [0.15, 0.2) is 16.8 Å². The highest BCUT2D eigenvalue weighted by Crippen LogP contribution is 2.09. The Bertz CT molecular complexity index is 633. The summed E-state index contributed by atoms with van der Waals surface area (Å²) in [5.74, 6) is -0.822. The fraction of sp³-hybridized carbons (Fsp3) is 0.769. The van der Waals surface area contributed by atoms with E-state index in [2.05, 4.69) is 19.2 Å². The van der Waals surface area contributed by atoms with Gasteiger partial charge in [0.25, 0.3) is 0 Å². The molecule has 1 N–H and O–H groups in total. The molecular weight excluding hydrogens is 448 g/mol. The number of methoxy groups -OCH3 is 2. The van der Waals surface area contributed by atoms with Gasteiger partial charge in [0.05, 0.1) is 39.6 Å². The Morgan fingerprint density at radius 2 is 1.46 bits per heavy atom. The van der Waals surface area contributed by atoms with Gasteiger partial charge in [0, 0.05) is 31.9 Å². The van der Waals surface area contributed by atoms with Gasteiger partial charge in [-0.3, -0.25) is 29.2 Å². The lowest BCUT2D eigenvalue weighted by molar-refractivity contribution is -0.142. The molecule has 1 aliphatic rings. The largest absolute Gasteiger partial charge is 0.468 e. The molecule has 0 saturated carbocycles. The van der Waals surface area contributed by atoms with Crippen LogP contribution >= 0.6 is 0 Å². The summed E-state index contributed by atoms with van der Waals surface area (Å²) in [5, 5.41) is 2.83. The van der Waals surface area contributed by atoms with E-state index in [1.807, 2.05) is 59.4 Å². The quantitative estimate of drug-likeness (QED) is 0.576. The van der Waals surface area contributed by atoms with Crippen LogP contribution < -0.4 is 5.32 Å². The minimum Gasteiger partial charge on any atom is -0.468 e. The van der Waals surface area contributed by atoms with Gasteiger partial charge in [-0.05, 0) is 12.8 Å². The highest BCUT2D eigenvalue weighted by molar-refractivity contribution is 5.90. The van der Waals surface area contributed by atoms with Crippen LogP contribution in [-0.4, -0.2) is 93.4 Å². The summed E-state index contributed by atoms with van der Waals surface area (Å²) in [6.07, 6.45) is 3.15. The molecule has 9 heteroatoms. The molecule has 0 radical (unpaired) electrons. The summed E-state index contributed by atoms with van der Waals surface area (Å²) >= 11 is 0. The lowest BCUT2D eigenvalue weighted by atomic mass is 10.1. The van der Waals surface area contributed by atoms with Crippen molar-refractivity contribution in [3.05, 3.63) is 11.8 Å². The van der Waals surface area contributed by atoms with Gasteiger partial charge in [-0.2, -0.15) is 0 Å². The van der Waals surface area contributed by atoms with E-state index in [4.69, 9.17) is 14.5 Å². The average molecular weight is 501 g/mol. The van der Waals surface area contributed by atoms with Gasteiger partial charge >= 0.3 is 11.9 Å². The molecule has 0 atom stereocenters. The number of nitrogens with zero attached hydrogens (tertiary/aromatic N) is 3. The molecule has 0 aliphatic carbocycles. The molecule has 0 spiro atoms. The Hall–Kier alpha value is -2.26. The number of rotatable bonds is 5. The first kappa shape index (κ1) is 37.3. The minimum absolute atomic E-state index is 0.00922. The molecule has 1 heterocycles. The monoisotopic (exact) mass is 500 g/mol. The molecule has 9 nitrogen and oxygen atoms in total. The summed E-state index contributed by atoms with van der Waals surface area (Å²) in [4.78, 5) is 44.1. The first-order valence-corrected chi connectivity index (χ1v) is 12.8. The van der Waals surface area contributed by atoms with Crippen molar-refractivity contribution in [1.29, 1.82) is 0 Å². The Kier molecular flexibility index (Phi) is 26.5. The van der Waals surface area contributed by atoms with Gasteiger partial charge < -0.3 is 14.8 Å². The van der Waals surface area contributed by atoms with Crippen molar-refractivity contribution >= 4 is 23.6 Å². The standard InChI is InChI=1S/C19H32N4O5.C3H8.2C2H6/c1-6-15-9-22(12-18(25)27-4)8-7-20-17(24)11-23(13-19(26)28-5)10-16(21-15)14(2)3;1-3-2;2*1-2/h6,14H,7-13H2,1-5H3,(H,20,24);3H2,1-2H3;2*1-2H3/b15-6-,21-16?;;;. The normalized spacial score (nSPS) is 16.4. The lowest BCUT2D eigenvalue weighted by Crippen LogP contribution is -2.46. The third-order valence-electron chi connectivity index (χ3n) is 4.34. The number of hydrogen-bond acceptors (Lipinski definition) is 8. The van der Waals surface area contributed by atoms with E-state index < -0.39 is 5.97 Å². The van der Waals surface area contributed by atoms with E-state index >= 15 is 0 Å². The van der Waals surface area contributed by atoms with Crippen LogP contribution in [0.4, 0.5) is 0 Å².